The lowest BCUT2D eigenvalue weighted by Crippen LogP contribution is -2.55. The Morgan fingerprint density at radius 3 is 2.78 bits per heavy atom. The van der Waals surface area contributed by atoms with E-state index in [2.05, 4.69) is 5.32 Å². The van der Waals surface area contributed by atoms with Crippen molar-refractivity contribution in [2.45, 2.75) is 37.8 Å². The van der Waals surface area contributed by atoms with Gasteiger partial charge in [0, 0.05) is 24.6 Å². The quantitative estimate of drug-likeness (QED) is 0.768. The Labute approximate surface area is 111 Å². The van der Waals surface area contributed by atoms with Crippen LogP contribution in [0.4, 0.5) is 0 Å². The number of carboxylic acid groups (broad SMARTS) is 1. The van der Waals surface area contributed by atoms with Gasteiger partial charge < -0.3 is 15.3 Å². The van der Waals surface area contributed by atoms with Crippen molar-refractivity contribution in [1.82, 2.24) is 10.2 Å². The molecular weight excluding hydrogens is 252 g/mol. The van der Waals surface area contributed by atoms with Crippen molar-refractivity contribution in [3.63, 3.8) is 0 Å². The normalized spacial score (nSPS) is 29.7. The monoisotopic (exact) mass is 272 g/mol. The molecule has 0 aromatic heterocycles. The summed E-state index contributed by atoms with van der Waals surface area (Å²) in [6, 6.07) is -0.836. The molecule has 2 aliphatic rings. The molecule has 102 valence electrons. The topological polar surface area (TPSA) is 69.6 Å². The van der Waals surface area contributed by atoms with E-state index >= 15 is 0 Å². The zero-order valence-electron chi connectivity index (χ0n) is 10.4. The maximum absolute atomic E-state index is 12.4. The number of thioether (sulfide) groups is 1. The van der Waals surface area contributed by atoms with Crippen LogP contribution in [0.5, 0.6) is 0 Å². The molecule has 0 aliphatic carbocycles. The summed E-state index contributed by atoms with van der Waals surface area (Å²) in [5.41, 5.74) is 0. The second-order valence-electron chi connectivity index (χ2n) is 4.82. The molecule has 2 atom stereocenters. The smallest absolute Gasteiger partial charge is 0.326 e. The molecule has 18 heavy (non-hydrogen) atoms. The second kappa shape index (κ2) is 6.43. The molecule has 2 rings (SSSR count). The Bertz CT molecular complexity index is 318. The predicted molar refractivity (Wildman–Crippen MR) is 70.7 cm³/mol. The van der Waals surface area contributed by atoms with Crippen molar-refractivity contribution in [3.8, 4) is 0 Å². The maximum atomic E-state index is 12.4. The summed E-state index contributed by atoms with van der Waals surface area (Å²) in [5.74, 6) is 0.874. The number of nitrogens with zero attached hydrogens (tertiary/aromatic N) is 1. The maximum Gasteiger partial charge on any atom is 0.326 e. The molecule has 2 fully saturated rings. The van der Waals surface area contributed by atoms with Gasteiger partial charge in [0.25, 0.3) is 0 Å². The molecule has 1 amide bonds. The molecule has 0 spiro atoms. The zero-order valence-corrected chi connectivity index (χ0v) is 11.2. The minimum atomic E-state index is -0.867. The summed E-state index contributed by atoms with van der Waals surface area (Å²) >= 11 is 1.75. The van der Waals surface area contributed by atoms with Crippen molar-refractivity contribution in [2.24, 2.45) is 0 Å². The molecule has 0 saturated carbocycles. The van der Waals surface area contributed by atoms with Crippen LogP contribution in [0.3, 0.4) is 0 Å². The lowest BCUT2D eigenvalue weighted by molar-refractivity contribution is -0.150. The molecular formula is C12H20N2O3S. The van der Waals surface area contributed by atoms with Gasteiger partial charge in [-0.15, -0.1) is 0 Å². The number of carbonyl (C=O) groups is 2. The molecule has 5 nitrogen and oxygen atoms in total. The summed E-state index contributed by atoms with van der Waals surface area (Å²) in [4.78, 5) is 25.3. The number of likely N-dealkylation sites (tertiary alicyclic amines) is 1. The highest BCUT2D eigenvalue weighted by molar-refractivity contribution is 7.99. The summed E-state index contributed by atoms with van der Waals surface area (Å²) in [6.45, 7) is 1.41. The Morgan fingerprint density at radius 1 is 1.28 bits per heavy atom. The highest BCUT2D eigenvalue weighted by atomic mass is 32.2. The lowest BCUT2D eigenvalue weighted by Gasteiger charge is -2.32. The largest absolute Gasteiger partial charge is 0.480 e. The van der Waals surface area contributed by atoms with Gasteiger partial charge in [-0.25, -0.2) is 4.79 Å². The van der Waals surface area contributed by atoms with Crippen LogP contribution in [-0.4, -0.2) is 58.6 Å². The van der Waals surface area contributed by atoms with E-state index in [0.29, 0.717) is 13.0 Å². The SMILES string of the molecule is O=C(O)C1CCCCCN1C(=O)C1CSCCN1. The molecule has 2 aliphatic heterocycles. The molecule has 2 N–H and O–H groups in total. The summed E-state index contributed by atoms with van der Waals surface area (Å²) in [5, 5.41) is 12.5. The van der Waals surface area contributed by atoms with Crippen LogP contribution in [0.1, 0.15) is 25.7 Å². The highest BCUT2D eigenvalue weighted by Gasteiger charge is 2.34. The van der Waals surface area contributed by atoms with Gasteiger partial charge in [-0.2, -0.15) is 11.8 Å². The fourth-order valence-electron chi connectivity index (χ4n) is 2.55. The first-order valence-electron chi connectivity index (χ1n) is 6.54. The van der Waals surface area contributed by atoms with E-state index in [1.807, 2.05) is 0 Å². The number of hydrogen-bond acceptors (Lipinski definition) is 4. The Kier molecular flexibility index (Phi) is 4.88. The first-order valence-corrected chi connectivity index (χ1v) is 7.70. The molecule has 0 aromatic rings. The van der Waals surface area contributed by atoms with Gasteiger partial charge in [-0.1, -0.05) is 12.8 Å². The minimum absolute atomic E-state index is 0.0310. The van der Waals surface area contributed by atoms with Crippen molar-refractivity contribution in [2.75, 3.05) is 24.6 Å². The van der Waals surface area contributed by atoms with E-state index in [-0.39, 0.29) is 11.9 Å². The average Bonchev–Trinajstić information content (AvgIpc) is 2.64. The van der Waals surface area contributed by atoms with E-state index in [1.54, 1.807) is 16.7 Å². The van der Waals surface area contributed by atoms with Crippen LogP contribution in [0.25, 0.3) is 0 Å². The van der Waals surface area contributed by atoms with Crippen LogP contribution in [0.15, 0.2) is 0 Å². The van der Waals surface area contributed by atoms with Crippen LogP contribution in [-0.2, 0) is 9.59 Å². The summed E-state index contributed by atoms with van der Waals surface area (Å²) < 4.78 is 0. The summed E-state index contributed by atoms with van der Waals surface area (Å²) in [6.07, 6.45) is 3.41. The van der Waals surface area contributed by atoms with Crippen molar-refractivity contribution in [3.05, 3.63) is 0 Å². The van der Waals surface area contributed by atoms with Gasteiger partial charge in [0.05, 0.1) is 6.04 Å². The van der Waals surface area contributed by atoms with E-state index < -0.39 is 12.0 Å². The molecule has 0 aromatic carbocycles. The number of rotatable bonds is 2. The molecule has 2 heterocycles. The third-order valence-corrected chi connectivity index (χ3v) is 4.60. The first kappa shape index (κ1) is 13.7. The average molecular weight is 272 g/mol. The minimum Gasteiger partial charge on any atom is -0.480 e. The molecule has 2 unspecified atom stereocenters. The standard InChI is InChI=1S/C12H20N2O3S/c15-11(9-8-18-7-5-13-9)14-6-3-1-2-4-10(14)12(16)17/h9-10,13H,1-8H2,(H,16,17). The lowest BCUT2D eigenvalue weighted by atomic mass is 10.1. The number of nitrogens with one attached hydrogen (secondary N) is 1. The highest BCUT2D eigenvalue weighted by Crippen LogP contribution is 2.19. The third-order valence-electron chi connectivity index (χ3n) is 3.54. The summed E-state index contributed by atoms with van der Waals surface area (Å²) in [7, 11) is 0. The third kappa shape index (κ3) is 3.17. The Morgan fingerprint density at radius 2 is 2.11 bits per heavy atom. The van der Waals surface area contributed by atoms with E-state index in [1.165, 1.54) is 0 Å². The number of aliphatic carboxylic acids is 1. The van der Waals surface area contributed by atoms with Crippen molar-refractivity contribution < 1.29 is 14.7 Å². The van der Waals surface area contributed by atoms with Crippen LogP contribution in [0, 0.1) is 0 Å². The van der Waals surface area contributed by atoms with Gasteiger partial charge in [-0.05, 0) is 12.8 Å². The Balaban J connectivity index is 2.06. The fourth-order valence-corrected chi connectivity index (χ4v) is 3.48. The van der Waals surface area contributed by atoms with Crippen LogP contribution >= 0.6 is 11.8 Å². The van der Waals surface area contributed by atoms with Gasteiger partial charge >= 0.3 is 5.97 Å². The molecule has 2 saturated heterocycles. The number of carboxylic acids is 1. The second-order valence-corrected chi connectivity index (χ2v) is 5.97. The van der Waals surface area contributed by atoms with Crippen LogP contribution in [0.2, 0.25) is 0 Å². The van der Waals surface area contributed by atoms with E-state index in [9.17, 15) is 14.7 Å². The van der Waals surface area contributed by atoms with Gasteiger partial charge in [0.2, 0.25) is 5.91 Å². The molecule has 6 heteroatoms. The van der Waals surface area contributed by atoms with Gasteiger partial charge in [-0.3, -0.25) is 4.79 Å². The van der Waals surface area contributed by atoms with Crippen molar-refractivity contribution in [1.29, 1.82) is 0 Å². The van der Waals surface area contributed by atoms with Gasteiger partial charge in [0.15, 0.2) is 0 Å². The van der Waals surface area contributed by atoms with Crippen LogP contribution < -0.4 is 5.32 Å². The number of hydrogen-bond donors (Lipinski definition) is 2. The van der Waals surface area contributed by atoms with Gasteiger partial charge in [0.1, 0.15) is 6.04 Å². The Hall–Kier alpha value is -0.750. The number of amides is 1. The zero-order chi connectivity index (χ0) is 13.0. The van der Waals surface area contributed by atoms with E-state index in [0.717, 1.165) is 37.3 Å². The fraction of sp³-hybridized carbons (Fsp3) is 0.833. The van der Waals surface area contributed by atoms with Crippen molar-refractivity contribution >= 4 is 23.6 Å². The predicted octanol–water partition coefficient (Wildman–Crippen LogP) is 0.547. The first-order chi connectivity index (χ1) is 8.70. The number of carbonyl (C=O) groups excluding carboxylic acids is 1. The van der Waals surface area contributed by atoms with E-state index in [4.69, 9.17) is 0 Å². The molecule has 0 radical (unpaired) electrons. The molecule has 0 bridgehead atoms.